The van der Waals surface area contributed by atoms with E-state index in [4.69, 9.17) is 0 Å². The Balaban J connectivity index is 1.89. The van der Waals surface area contributed by atoms with E-state index in [-0.39, 0.29) is 23.5 Å². The summed E-state index contributed by atoms with van der Waals surface area (Å²) < 4.78 is 27.5. The molecule has 1 aliphatic carbocycles. The first-order chi connectivity index (χ1) is 11.0. The number of amidine groups is 1. The van der Waals surface area contributed by atoms with Crippen LogP contribution >= 0.6 is 0 Å². The van der Waals surface area contributed by atoms with E-state index in [2.05, 4.69) is 4.40 Å². The normalized spacial score (nSPS) is 23.8. The highest BCUT2D eigenvalue weighted by Crippen LogP contribution is 2.26. The minimum absolute atomic E-state index is 0.0115. The Bertz CT molecular complexity index is 673. The zero-order valence-electron chi connectivity index (χ0n) is 13.4. The van der Waals surface area contributed by atoms with Crippen molar-refractivity contribution in [1.29, 1.82) is 0 Å². The van der Waals surface area contributed by atoms with Crippen molar-refractivity contribution in [2.24, 2.45) is 4.40 Å². The van der Waals surface area contributed by atoms with Crippen molar-refractivity contribution < 1.29 is 13.2 Å². The maximum absolute atomic E-state index is 13.0. The van der Waals surface area contributed by atoms with E-state index >= 15 is 0 Å². The van der Waals surface area contributed by atoms with Gasteiger partial charge in [0.05, 0.1) is 11.3 Å². The minimum Gasteiger partial charge on any atom is -0.336 e. The third kappa shape index (κ3) is 3.34. The van der Waals surface area contributed by atoms with Crippen molar-refractivity contribution in [3.8, 4) is 0 Å². The van der Waals surface area contributed by atoms with Crippen LogP contribution in [-0.4, -0.2) is 54.8 Å². The fraction of sp³-hybridized carbons (Fsp3) is 0.625. The monoisotopic (exact) mass is 337 g/mol. The van der Waals surface area contributed by atoms with Crippen LogP contribution in [0.5, 0.6) is 0 Å². The standard InChI is InChI=1S/C16H23N3O3S/c1-2-19(13-7-4-3-5-8-13)16(20)14-9-6-10-18-11-12-23(21,22)17-15(14)18/h6,9-10,13H,2-5,7-8,11-12H2,1H3. The first-order valence-electron chi connectivity index (χ1n) is 8.31. The Morgan fingerprint density at radius 2 is 2.09 bits per heavy atom. The van der Waals surface area contributed by atoms with E-state index in [1.165, 1.54) is 6.42 Å². The molecule has 7 heteroatoms. The van der Waals surface area contributed by atoms with Crippen LogP contribution in [0.1, 0.15) is 39.0 Å². The van der Waals surface area contributed by atoms with Crippen molar-refractivity contribution >= 4 is 21.8 Å². The lowest BCUT2D eigenvalue weighted by Gasteiger charge is -2.36. The second-order valence-corrected chi connectivity index (χ2v) is 7.95. The number of carbonyl (C=O) groups excluding carboxylic acids is 1. The molecule has 0 radical (unpaired) electrons. The molecule has 0 saturated heterocycles. The molecule has 0 aromatic rings. The van der Waals surface area contributed by atoms with Gasteiger partial charge in [0.2, 0.25) is 0 Å². The Morgan fingerprint density at radius 3 is 2.78 bits per heavy atom. The summed E-state index contributed by atoms with van der Waals surface area (Å²) in [5.41, 5.74) is 0.392. The highest BCUT2D eigenvalue weighted by molar-refractivity contribution is 7.90. The van der Waals surface area contributed by atoms with Gasteiger partial charge in [-0.25, -0.2) is 8.42 Å². The van der Waals surface area contributed by atoms with Crippen molar-refractivity contribution in [2.75, 3.05) is 18.8 Å². The summed E-state index contributed by atoms with van der Waals surface area (Å²) in [7, 11) is -3.48. The Labute approximate surface area is 137 Å². The molecule has 1 amide bonds. The summed E-state index contributed by atoms with van der Waals surface area (Å²) in [5, 5.41) is 0. The smallest absolute Gasteiger partial charge is 0.257 e. The maximum atomic E-state index is 13.0. The van der Waals surface area contributed by atoms with Crippen molar-refractivity contribution in [3.05, 3.63) is 23.9 Å². The topological polar surface area (TPSA) is 70.1 Å². The van der Waals surface area contributed by atoms with Gasteiger partial charge in [-0.15, -0.1) is 4.40 Å². The summed E-state index contributed by atoms with van der Waals surface area (Å²) in [4.78, 5) is 16.6. The predicted molar refractivity (Wildman–Crippen MR) is 89.4 cm³/mol. The second kappa shape index (κ2) is 6.47. The first-order valence-corrected chi connectivity index (χ1v) is 9.92. The van der Waals surface area contributed by atoms with Gasteiger partial charge in [0, 0.05) is 25.3 Å². The molecular weight excluding hydrogens is 314 g/mol. The van der Waals surface area contributed by atoms with Gasteiger partial charge < -0.3 is 9.80 Å². The van der Waals surface area contributed by atoms with E-state index in [9.17, 15) is 13.2 Å². The molecule has 3 aliphatic rings. The molecule has 3 rings (SSSR count). The molecular formula is C16H23N3O3S. The van der Waals surface area contributed by atoms with E-state index < -0.39 is 10.0 Å². The summed E-state index contributed by atoms with van der Waals surface area (Å²) in [5.74, 6) is 0.158. The molecule has 6 nitrogen and oxygen atoms in total. The van der Waals surface area contributed by atoms with Crippen molar-refractivity contribution in [3.63, 3.8) is 0 Å². The van der Waals surface area contributed by atoms with Gasteiger partial charge >= 0.3 is 0 Å². The fourth-order valence-electron chi connectivity index (χ4n) is 3.50. The highest BCUT2D eigenvalue weighted by Gasteiger charge is 2.34. The Morgan fingerprint density at radius 1 is 1.35 bits per heavy atom. The molecule has 1 fully saturated rings. The number of allylic oxidation sites excluding steroid dienone is 2. The van der Waals surface area contributed by atoms with Crippen LogP contribution in [0.4, 0.5) is 0 Å². The quantitative estimate of drug-likeness (QED) is 0.785. The maximum Gasteiger partial charge on any atom is 0.257 e. The molecule has 0 aromatic heterocycles. The molecule has 1 saturated carbocycles. The Kier molecular flexibility index (Phi) is 4.57. The number of nitrogens with zero attached hydrogens (tertiary/aromatic N) is 3. The summed E-state index contributed by atoms with van der Waals surface area (Å²) >= 11 is 0. The third-order valence-corrected chi connectivity index (χ3v) is 5.85. The van der Waals surface area contributed by atoms with E-state index in [1.54, 1.807) is 23.3 Å². The summed E-state index contributed by atoms with van der Waals surface area (Å²) in [6.07, 6.45) is 10.8. The number of hydrogen-bond acceptors (Lipinski definition) is 4. The van der Waals surface area contributed by atoms with Gasteiger partial charge in [-0.1, -0.05) is 19.3 Å². The third-order valence-electron chi connectivity index (χ3n) is 4.70. The predicted octanol–water partition coefficient (Wildman–Crippen LogP) is 1.67. The van der Waals surface area contributed by atoms with Crippen molar-refractivity contribution in [1.82, 2.24) is 9.80 Å². The average molecular weight is 337 g/mol. The van der Waals surface area contributed by atoms with Gasteiger partial charge in [-0.05, 0) is 31.9 Å². The lowest BCUT2D eigenvalue weighted by Crippen LogP contribution is -2.47. The highest BCUT2D eigenvalue weighted by atomic mass is 32.2. The zero-order chi connectivity index (χ0) is 16.4. The molecule has 23 heavy (non-hydrogen) atoms. The number of hydrogen-bond donors (Lipinski definition) is 0. The first kappa shape index (κ1) is 16.2. The second-order valence-electron chi connectivity index (χ2n) is 6.20. The number of fused-ring (bicyclic) bond motifs is 1. The summed E-state index contributed by atoms with van der Waals surface area (Å²) in [6.45, 7) is 2.95. The van der Waals surface area contributed by atoms with Gasteiger partial charge in [0.15, 0.2) is 5.84 Å². The van der Waals surface area contributed by atoms with E-state index in [0.29, 0.717) is 18.7 Å². The van der Waals surface area contributed by atoms with Gasteiger partial charge in [-0.2, -0.15) is 0 Å². The lowest BCUT2D eigenvalue weighted by molar-refractivity contribution is -0.129. The van der Waals surface area contributed by atoms with Crippen molar-refractivity contribution in [2.45, 2.75) is 45.1 Å². The van der Waals surface area contributed by atoms with Gasteiger partial charge in [-0.3, -0.25) is 4.79 Å². The number of likely N-dealkylation sites (N-methyl/N-ethyl adjacent to an activating group) is 1. The molecule has 0 spiro atoms. The van der Waals surface area contributed by atoms with Crippen LogP contribution in [0.2, 0.25) is 0 Å². The molecule has 0 aromatic carbocycles. The SMILES string of the molecule is CCN(C(=O)C1=CC=CN2CCS(=O)(=O)N=C12)C1CCCCC1. The molecule has 2 aliphatic heterocycles. The molecule has 126 valence electrons. The van der Waals surface area contributed by atoms with Crippen LogP contribution in [0.15, 0.2) is 28.3 Å². The van der Waals surface area contributed by atoms with Gasteiger partial charge in [0.1, 0.15) is 0 Å². The van der Waals surface area contributed by atoms with Crippen LogP contribution < -0.4 is 0 Å². The van der Waals surface area contributed by atoms with Crippen LogP contribution in [0.25, 0.3) is 0 Å². The van der Waals surface area contributed by atoms with Gasteiger partial charge in [0.25, 0.3) is 15.9 Å². The molecule has 0 atom stereocenters. The van der Waals surface area contributed by atoms with Crippen LogP contribution in [0.3, 0.4) is 0 Å². The zero-order valence-corrected chi connectivity index (χ0v) is 14.3. The number of rotatable bonds is 3. The molecule has 0 unspecified atom stereocenters. The lowest BCUT2D eigenvalue weighted by atomic mass is 9.93. The largest absolute Gasteiger partial charge is 0.336 e. The van der Waals surface area contributed by atoms with E-state index in [1.807, 2.05) is 11.8 Å². The number of amides is 1. The molecule has 0 bridgehead atoms. The fourth-order valence-corrected chi connectivity index (χ4v) is 4.48. The number of carbonyl (C=O) groups is 1. The Hall–Kier alpha value is -1.63. The van der Waals surface area contributed by atoms with Crippen LogP contribution in [-0.2, 0) is 14.8 Å². The summed E-state index contributed by atoms with van der Waals surface area (Å²) in [6, 6.07) is 0.252. The molecule has 2 heterocycles. The van der Waals surface area contributed by atoms with Crippen LogP contribution in [0, 0.1) is 0 Å². The molecule has 0 N–H and O–H groups in total. The number of sulfonamides is 1. The van der Waals surface area contributed by atoms with E-state index in [0.717, 1.165) is 25.7 Å². The minimum atomic E-state index is -3.48. The average Bonchev–Trinajstić information content (AvgIpc) is 2.55.